The van der Waals surface area contributed by atoms with Gasteiger partial charge in [-0.15, -0.1) is 0 Å². The van der Waals surface area contributed by atoms with Gasteiger partial charge in [0.05, 0.1) is 31.8 Å². The Bertz CT molecular complexity index is 351. The number of aromatic nitrogens is 2. The molecule has 1 atom stereocenters. The van der Waals surface area contributed by atoms with Crippen LogP contribution >= 0.6 is 0 Å². The maximum absolute atomic E-state index is 10.7. The van der Waals surface area contributed by atoms with Crippen LogP contribution in [-0.4, -0.2) is 53.1 Å². The predicted octanol–water partition coefficient (Wildman–Crippen LogP) is 0.416. The van der Waals surface area contributed by atoms with E-state index in [2.05, 4.69) is 16.8 Å². The predicted molar refractivity (Wildman–Crippen MR) is 59.5 cm³/mol. The summed E-state index contributed by atoms with van der Waals surface area (Å²) in [5.74, 6) is 0. The van der Waals surface area contributed by atoms with E-state index in [9.17, 15) is 4.79 Å². The summed E-state index contributed by atoms with van der Waals surface area (Å²) in [6, 6.07) is 0. The molecular formula is C11H17N3O2. The van der Waals surface area contributed by atoms with Crippen molar-refractivity contribution < 1.29 is 9.53 Å². The Balaban J connectivity index is 1.96. The average Bonchev–Trinajstić information content (AvgIpc) is 2.76. The van der Waals surface area contributed by atoms with Crippen molar-refractivity contribution in [3.05, 3.63) is 18.2 Å². The van der Waals surface area contributed by atoms with Gasteiger partial charge in [-0.25, -0.2) is 4.98 Å². The SMILES string of the molecule is CCN1CCOC(Cn2cncc2C=O)C1. The van der Waals surface area contributed by atoms with Crippen LogP contribution in [0.4, 0.5) is 0 Å². The van der Waals surface area contributed by atoms with Gasteiger partial charge in [0.1, 0.15) is 5.69 Å². The zero-order valence-electron chi connectivity index (χ0n) is 9.50. The van der Waals surface area contributed by atoms with E-state index in [4.69, 9.17) is 4.74 Å². The summed E-state index contributed by atoms with van der Waals surface area (Å²) in [6.45, 7) is 6.58. The molecule has 0 amide bonds. The fourth-order valence-electron chi connectivity index (χ4n) is 1.98. The lowest BCUT2D eigenvalue weighted by Gasteiger charge is -2.32. The van der Waals surface area contributed by atoms with Gasteiger partial charge >= 0.3 is 0 Å². The van der Waals surface area contributed by atoms with Gasteiger partial charge in [-0.1, -0.05) is 6.92 Å². The molecule has 0 bridgehead atoms. The van der Waals surface area contributed by atoms with Crippen LogP contribution in [0.5, 0.6) is 0 Å². The number of imidazole rings is 1. The molecule has 5 heteroatoms. The van der Waals surface area contributed by atoms with Gasteiger partial charge in [0.2, 0.25) is 0 Å². The number of carbonyl (C=O) groups excluding carboxylic acids is 1. The van der Waals surface area contributed by atoms with Crippen LogP contribution in [0, 0.1) is 0 Å². The highest BCUT2D eigenvalue weighted by molar-refractivity contribution is 5.71. The quantitative estimate of drug-likeness (QED) is 0.694. The Morgan fingerprint density at radius 3 is 3.31 bits per heavy atom. The van der Waals surface area contributed by atoms with E-state index in [-0.39, 0.29) is 6.10 Å². The Kier molecular flexibility index (Phi) is 3.69. The molecule has 1 aromatic rings. The van der Waals surface area contributed by atoms with Gasteiger partial charge in [0, 0.05) is 13.1 Å². The van der Waals surface area contributed by atoms with Crippen molar-refractivity contribution in [3.63, 3.8) is 0 Å². The third-order valence-electron chi connectivity index (χ3n) is 2.94. The molecule has 1 unspecified atom stereocenters. The zero-order chi connectivity index (χ0) is 11.4. The first-order valence-corrected chi connectivity index (χ1v) is 5.62. The lowest BCUT2D eigenvalue weighted by Crippen LogP contribution is -2.44. The monoisotopic (exact) mass is 223 g/mol. The Morgan fingerprint density at radius 1 is 1.69 bits per heavy atom. The molecule has 0 radical (unpaired) electrons. The number of carbonyl (C=O) groups is 1. The second kappa shape index (κ2) is 5.23. The molecule has 0 spiro atoms. The maximum atomic E-state index is 10.7. The second-order valence-electron chi connectivity index (χ2n) is 3.97. The smallest absolute Gasteiger partial charge is 0.168 e. The van der Waals surface area contributed by atoms with E-state index in [1.54, 1.807) is 12.5 Å². The molecule has 2 heterocycles. The first-order chi connectivity index (χ1) is 7.83. The highest BCUT2D eigenvalue weighted by atomic mass is 16.5. The van der Waals surface area contributed by atoms with Gasteiger partial charge in [-0.2, -0.15) is 0 Å². The minimum absolute atomic E-state index is 0.154. The fourth-order valence-corrected chi connectivity index (χ4v) is 1.98. The minimum Gasteiger partial charge on any atom is -0.374 e. The third-order valence-corrected chi connectivity index (χ3v) is 2.94. The fraction of sp³-hybridized carbons (Fsp3) is 0.636. The summed E-state index contributed by atoms with van der Waals surface area (Å²) in [7, 11) is 0. The number of hydrogen-bond acceptors (Lipinski definition) is 4. The number of morpholine rings is 1. The maximum Gasteiger partial charge on any atom is 0.168 e. The lowest BCUT2D eigenvalue weighted by molar-refractivity contribution is -0.0344. The van der Waals surface area contributed by atoms with Crippen molar-refractivity contribution in [2.24, 2.45) is 0 Å². The van der Waals surface area contributed by atoms with Crippen molar-refractivity contribution in [1.29, 1.82) is 0 Å². The van der Waals surface area contributed by atoms with Crippen molar-refractivity contribution in [1.82, 2.24) is 14.5 Å². The zero-order valence-corrected chi connectivity index (χ0v) is 9.50. The Morgan fingerprint density at radius 2 is 2.56 bits per heavy atom. The number of ether oxygens (including phenoxy) is 1. The first-order valence-electron chi connectivity index (χ1n) is 5.62. The van der Waals surface area contributed by atoms with Crippen LogP contribution in [0.2, 0.25) is 0 Å². The van der Waals surface area contributed by atoms with E-state index < -0.39 is 0 Å². The normalized spacial score (nSPS) is 22.2. The molecule has 88 valence electrons. The first kappa shape index (κ1) is 11.3. The van der Waals surface area contributed by atoms with E-state index in [0.29, 0.717) is 12.2 Å². The summed E-state index contributed by atoms with van der Waals surface area (Å²) >= 11 is 0. The highest BCUT2D eigenvalue weighted by Crippen LogP contribution is 2.08. The van der Waals surface area contributed by atoms with Crippen LogP contribution in [0.1, 0.15) is 17.4 Å². The van der Waals surface area contributed by atoms with Gasteiger partial charge in [-0.05, 0) is 6.54 Å². The van der Waals surface area contributed by atoms with E-state index in [1.807, 2.05) is 4.57 Å². The molecule has 0 aromatic carbocycles. The average molecular weight is 223 g/mol. The number of rotatable bonds is 4. The topological polar surface area (TPSA) is 47.4 Å². The molecular weight excluding hydrogens is 206 g/mol. The highest BCUT2D eigenvalue weighted by Gasteiger charge is 2.20. The van der Waals surface area contributed by atoms with E-state index >= 15 is 0 Å². The Labute approximate surface area is 95.0 Å². The van der Waals surface area contributed by atoms with Gasteiger partial charge in [0.15, 0.2) is 6.29 Å². The summed E-state index contributed by atoms with van der Waals surface area (Å²) in [4.78, 5) is 17.1. The van der Waals surface area contributed by atoms with Crippen molar-refractivity contribution in [2.75, 3.05) is 26.2 Å². The van der Waals surface area contributed by atoms with Gasteiger partial charge in [-0.3, -0.25) is 9.69 Å². The third kappa shape index (κ3) is 2.48. The molecule has 0 N–H and O–H groups in total. The molecule has 1 aliphatic rings. The van der Waals surface area contributed by atoms with Crippen LogP contribution in [0.3, 0.4) is 0 Å². The van der Waals surface area contributed by atoms with Gasteiger partial charge < -0.3 is 9.30 Å². The molecule has 1 saturated heterocycles. The molecule has 5 nitrogen and oxygen atoms in total. The van der Waals surface area contributed by atoms with E-state index in [0.717, 1.165) is 32.5 Å². The molecule has 2 rings (SSSR count). The summed E-state index contributed by atoms with van der Waals surface area (Å²) in [5.41, 5.74) is 0.609. The second-order valence-corrected chi connectivity index (χ2v) is 3.97. The number of hydrogen-bond donors (Lipinski definition) is 0. The largest absolute Gasteiger partial charge is 0.374 e. The van der Waals surface area contributed by atoms with Crippen molar-refractivity contribution in [3.8, 4) is 0 Å². The summed E-state index contributed by atoms with van der Waals surface area (Å²) in [5, 5.41) is 0. The molecule has 1 aliphatic heterocycles. The number of nitrogens with zero attached hydrogens (tertiary/aromatic N) is 3. The minimum atomic E-state index is 0.154. The lowest BCUT2D eigenvalue weighted by atomic mass is 10.2. The molecule has 1 aromatic heterocycles. The standard InChI is InChI=1S/C11H17N3O2/c1-2-13-3-4-16-11(6-13)7-14-9-12-5-10(14)8-15/h5,8-9,11H,2-4,6-7H2,1H3. The molecule has 16 heavy (non-hydrogen) atoms. The summed E-state index contributed by atoms with van der Waals surface area (Å²) in [6.07, 6.45) is 4.24. The molecule has 1 fully saturated rings. The van der Waals surface area contributed by atoms with Crippen LogP contribution in [0.25, 0.3) is 0 Å². The van der Waals surface area contributed by atoms with Crippen molar-refractivity contribution in [2.45, 2.75) is 19.6 Å². The number of likely N-dealkylation sites (N-methyl/N-ethyl adjacent to an activating group) is 1. The number of aldehydes is 1. The summed E-state index contributed by atoms with van der Waals surface area (Å²) < 4.78 is 7.52. The van der Waals surface area contributed by atoms with Crippen molar-refractivity contribution >= 4 is 6.29 Å². The van der Waals surface area contributed by atoms with Crippen LogP contribution in [0.15, 0.2) is 12.5 Å². The Hall–Kier alpha value is -1.20. The molecule has 0 saturated carbocycles. The van der Waals surface area contributed by atoms with Gasteiger partial charge in [0.25, 0.3) is 0 Å². The van der Waals surface area contributed by atoms with Crippen LogP contribution < -0.4 is 0 Å². The van der Waals surface area contributed by atoms with E-state index in [1.165, 1.54) is 0 Å². The molecule has 0 aliphatic carbocycles. The van der Waals surface area contributed by atoms with Crippen LogP contribution in [-0.2, 0) is 11.3 Å².